The van der Waals surface area contributed by atoms with Gasteiger partial charge in [0.15, 0.2) is 6.61 Å². The van der Waals surface area contributed by atoms with Gasteiger partial charge in [-0.3, -0.25) is 4.79 Å². The van der Waals surface area contributed by atoms with E-state index in [0.717, 1.165) is 23.3 Å². The van der Waals surface area contributed by atoms with Gasteiger partial charge >= 0.3 is 0 Å². The molecule has 1 amide bonds. The molecule has 0 bridgehead atoms. The zero-order valence-electron chi connectivity index (χ0n) is 16.3. The Bertz CT molecular complexity index is 789. The largest absolute Gasteiger partial charge is 0.483 e. The fraction of sp³-hybridized carbons (Fsp3) is 0.435. The lowest BCUT2D eigenvalue weighted by molar-refractivity contribution is -0.123. The number of nitrogens with one attached hydrogen (secondary N) is 1. The molecular formula is C23H29NO2. The number of para-hydroxylation sites is 1. The van der Waals surface area contributed by atoms with Crippen LogP contribution in [0.3, 0.4) is 0 Å². The lowest BCUT2D eigenvalue weighted by Crippen LogP contribution is -2.31. The first-order valence-electron chi connectivity index (χ1n) is 9.48. The summed E-state index contributed by atoms with van der Waals surface area (Å²) in [6, 6.07) is 14.5. The SMILES string of the molecule is C[C@H](NC(=O)COc1ccccc1C(C)(C)C)c1ccc2c(c1)CCC2. The van der Waals surface area contributed by atoms with E-state index in [9.17, 15) is 4.79 Å². The van der Waals surface area contributed by atoms with Gasteiger partial charge in [-0.1, -0.05) is 57.2 Å². The van der Waals surface area contributed by atoms with Crippen molar-refractivity contribution in [3.8, 4) is 5.75 Å². The molecule has 0 radical (unpaired) electrons. The maximum Gasteiger partial charge on any atom is 0.258 e. The van der Waals surface area contributed by atoms with Crippen LogP contribution in [0.5, 0.6) is 5.75 Å². The molecule has 0 saturated carbocycles. The van der Waals surface area contributed by atoms with Gasteiger partial charge in [-0.25, -0.2) is 0 Å². The van der Waals surface area contributed by atoms with Crippen LogP contribution in [0.1, 0.15) is 62.4 Å². The molecule has 2 aromatic rings. The van der Waals surface area contributed by atoms with E-state index >= 15 is 0 Å². The van der Waals surface area contributed by atoms with E-state index in [0.29, 0.717) is 0 Å². The lowest BCUT2D eigenvalue weighted by atomic mass is 9.86. The fourth-order valence-corrected chi connectivity index (χ4v) is 3.58. The van der Waals surface area contributed by atoms with Crippen LogP contribution in [-0.2, 0) is 23.1 Å². The molecule has 0 heterocycles. The number of carbonyl (C=O) groups excluding carboxylic acids is 1. The quantitative estimate of drug-likeness (QED) is 0.846. The standard InChI is InChI=1S/C23H29NO2/c1-16(18-13-12-17-8-7-9-19(17)14-18)24-22(25)15-26-21-11-6-5-10-20(21)23(2,3)4/h5-6,10-14,16H,7-9,15H2,1-4H3,(H,24,25)/t16-/m0/s1. The minimum absolute atomic E-state index is 0.0186. The van der Waals surface area contributed by atoms with Gasteiger partial charge in [0.25, 0.3) is 5.91 Å². The predicted octanol–water partition coefficient (Wildman–Crippen LogP) is 4.73. The lowest BCUT2D eigenvalue weighted by Gasteiger charge is -2.23. The number of carbonyl (C=O) groups is 1. The average Bonchev–Trinajstić information content (AvgIpc) is 3.07. The summed E-state index contributed by atoms with van der Waals surface area (Å²) in [7, 11) is 0. The Hall–Kier alpha value is -2.29. The second-order valence-corrected chi connectivity index (χ2v) is 8.21. The van der Waals surface area contributed by atoms with Crippen LogP contribution in [0.2, 0.25) is 0 Å². The average molecular weight is 351 g/mol. The van der Waals surface area contributed by atoms with Crippen molar-refractivity contribution < 1.29 is 9.53 Å². The number of ether oxygens (including phenoxy) is 1. The van der Waals surface area contributed by atoms with Crippen LogP contribution in [-0.4, -0.2) is 12.5 Å². The second kappa shape index (κ2) is 7.53. The molecule has 0 fully saturated rings. The highest BCUT2D eigenvalue weighted by Gasteiger charge is 2.19. The maximum absolute atomic E-state index is 12.4. The van der Waals surface area contributed by atoms with Gasteiger partial charge in [0.2, 0.25) is 0 Å². The van der Waals surface area contributed by atoms with Crippen molar-refractivity contribution in [1.82, 2.24) is 5.32 Å². The highest BCUT2D eigenvalue weighted by molar-refractivity contribution is 5.78. The Morgan fingerprint density at radius 2 is 1.85 bits per heavy atom. The summed E-state index contributed by atoms with van der Waals surface area (Å²) in [6.07, 6.45) is 3.56. The molecule has 3 heteroatoms. The number of hydrogen-bond donors (Lipinski definition) is 1. The van der Waals surface area contributed by atoms with Gasteiger partial charge in [-0.15, -0.1) is 0 Å². The maximum atomic E-state index is 12.4. The van der Waals surface area contributed by atoms with Crippen LogP contribution in [0.25, 0.3) is 0 Å². The minimum Gasteiger partial charge on any atom is -0.483 e. The van der Waals surface area contributed by atoms with E-state index in [1.165, 1.54) is 24.0 Å². The van der Waals surface area contributed by atoms with Crippen molar-refractivity contribution in [2.75, 3.05) is 6.61 Å². The van der Waals surface area contributed by atoms with Crippen molar-refractivity contribution in [3.63, 3.8) is 0 Å². The highest BCUT2D eigenvalue weighted by atomic mass is 16.5. The van der Waals surface area contributed by atoms with Gasteiger partial charge in [0.05, 0.1) is 6.04 Å². The highest BCUT2D eigenvalue weighted by Crippen LogP contribution is 2.31. The topological polar surface area (TPSA) is 38.3 Å². The van der Waals surface area contributed by atoms with Crippen LogP contribution < -0.4 is 10.1 Å². The molecule has 1 aliphatic rings. The molecule has 1 aliphatic carbocycles. The van der Waals surface area contributed by atoms with Crippen LogP contribution in [0.15, 0.2) is 42.5 Å². The monoisotopic (exact) mass is 351 g/mol. The Morgan fingerprint density at radius 3 is 2.62 bits per heavy atom. The zero-order valence-corrected chi connectivity index (χ0v) is 16.3. The number of benzene rings is 2. The van der Waals surface area contributed by atoms with Gasteiger partial charge in [-0.2, -0.15) is 0 Å². The molecule has 3 nitrogen and oxygen atoms in total. The summed E-state index contributed by atoms with van der Waals surface area (Å²) >= 11 is 0. The smallest absolute Gasteiger partial charge is 0.258 e. The van der Waals surface area contributed by atoms with E-state index < -0.39 is 0 Å². The number of amides is 1. The summed E-state index contributed by atoms with van der Waals surface area (Å²) in [6.45, 7) is 8.49. The first-order valence-corrected chi connectivity index (χ1v) is 9.48. The molecule has 0 unspecified atom stereocenters. The molecule has 0 aliphatic heterocycles. The fourth-order valence-electron chi connectivity index (χ4n) is 3.58. The second-order valence-electron chi connectivity index (χ2n) is 8.21. The summed E-state index contributed by atoms with van der Waals surface area (Å²) in [5.41, 5.74) is 5.13. The molecule has 0 aromatic heterocycles. The van der Waals surface area contributed by atoms with Crippen LogP contribution in [0.4, 0.5) is 0 Å². The van der Waals surface area contributed by atoms with Crippen molar-refractivity contribution in [1.29, 1.82) is 0 Å². The van der Waals surface area contributed by atoms with E-state index in [2.05, 4.69) is 50.4 Å². The first kappa shape index (κ1) is 18.5. The van der Waals surface area contributed by atoms with Crippen molar-refractivity contribution in [2.24, 2.45) is 0 Å². The Kier molecular flexibility index (Phi) is 5.36. The van der Waals surface area contributed by atoms with E-state index in [4.69, 9.17) is 4.74 Å². The third-order valence-corrected chi connectivity index (χ3v) is 5.05. The van der Waals surface area contributed by atoms with Crippen molar-refractivity contribution >= 4 is 5.91 Å². The zero-order chi connectivity index (χ0) is 18.7. The van der Waals surface area contributed by atoms with Crippen LogP contribution >= 0.6 is 0 Å². The molecule has 0 spiro atoms. The Morgan fingerprint density at radius 1 is 1.12 bits per heavy atom. The minimum atomic E-state index is -0.0956. The first-order chi connectivity index (χ1) is 12.3. The molecule has 138 valence electrons. The molecule has 2 aromatic carbocycles. The molecule has 1 N–H and O–H groups in total. The summed E-state index contributed by atoms with van der Waals surface area (Å²) in [4.78, 5) is 12.4. The molecule has 1 atom stereocenters. The molecule has 0 saturated heterocycles. The van der Waals surface area contributed by atoms with E-state index in [-0.39, 0.29) is 24.0 Å². The van der Waals surface area contributed by atoms with Crippen LogP contribution in [0, 0.1) is 0 Å². The van der Waals surface area contributed by atoms with Gasteiger partial charge in [0, 0.05) is 0 Å². The van der Waals surface area contributed by atoms with Crippen molar-refractivity contribution in [3.05, 3.63) is 64.7 Å². The molecule has 3 rings (SSSR count). The Balaban J connectivity index is 1.60. The third-order valence-electron chi connectivity index (χ3n) is 5.05. The number of fused-ring (bicyclic) bond motifs is 1. The normalized spacial score (nSPS) is 14.6. The van der Waals surface area contributed by atoms with Gasteiger partial charge in [-0.05, 0) is 59.9 Å². The summed E-state index contributed by atoms with van der Waals surface area (Å²) < 4.78 is 5.82. The molecule has 26 heavy (non-hydrogen) atoms. The summed E-state index contributed by atoms with van der Waals surface area (Å²) in [5, 5.41) is 3.05. The van der Waals surface area contributed by atoms with Gasteiger partial charge in [0.1, 0.15) is 5.75 Å². The number of rotatable bonds is 5. The molecular weight excluding hydrogens is 322 g/mol. The van der Waals surface area contributed by atoms with Crippen molar-refractivity contribution in [2.45, 2.75) is 58.4 Å². The summed E-state index contributed by atoms with van der Waals surface area (Å²) in [5.74, 6) is 0.682. The number of aryl methyl sites for hydroxylation is 2. The number of hydrogen-bond acceptors (Lipinski definition) is 2. The van der Waals surface area contributed by atoms with E-state index in [1.54, 1.807) is 0 Å². The Labute approximate surface area is 156 Å². The third kappa shape index (κ3) is 4.27. The van der Waals surface area contributed by atoms with E-state index in [1.807, 2.05) is 25.1 Å². The van der Waals surface area contributed by atoms with Gasteiger partial charge < -0.3 is 10.1 Å². The predicted molar refractivity (Wildman–Crippen MR) is 106 cm³/mol.